The highest BCUT2D eigenvalue weighted by Gasteiger charge is 2.29. The molecule has 0 bridgehead atoms. The summed E-state index contributed by atoms with van der Waals surface area (Å²) in [5.41, 5.74) is 1.36. The van der Waals surface area contributed by atoms with Gasteiger partial charge in [0.15, 0.2) is 0 Å². The van der Waals surface area contributed by atoms with Crippen molar-refractivity contribution in [3.63, 3.8) is 0 Å². The molecule has 1 fully saturated rings. The molecule has 0 saturated carbocycles. The molecule has 14 heavy (non-hydrogen) atoms. The average molecular weight is 191 g/mol. The van der Waals surface area contributed by atoms with Crippen LogP contribution in [0.25, 0.3) is 0 Å². The molecule has 0 amide bonds. The minimum absolute atomic E-state index is 0.331. The number of benzene rings is 1. The predicted molar refractivity (Wildman–Crippen MR) is 57.0 cm³/mol. The van der Waals surface area contributed by atoms with Gasteiger partial charge in [0.1, 0.15) is 0 Å². The molecular weight excluding hydrogens is 174 g/mol. The molecule has 0 radical (unpaired) electrons. The Balaban J connectivity index is 1.94. The number of likely N-dealkylation sites (tertiary alicyclic amines) is 1. The van der Waals surface area contributed by atoms with Crippen molar-refractivity contribution in [1.29, 1.82) is 0 Å². The number of hydrogen-bond acceptors (Lipinski definition) is 2. The van der Waals surface area contributed by atoms with Crippen LogP contribution in [0.4, 0.5) is 0 Å². The summed E-state index contributed by atoms with van der Waals surface area (Å²) in [6, 6.07) is 11.0. The minimum atomic E-state index is 0.331. The van der Waals surface area contributed by atoms with Crippen molar-refractivity contribution >= 4 is 0 Å². The second-order valence-electron chi connectivity index (χ2n) is 4.09. The summed E-state index contributed by atoms with van der Waals surface area (Å²) in [4.78, 5) is 2.40. The van der Waals surface area contributed by atoms with Gasteiger partial charge in [0, 0.05) is 31.7 Å². The van der Waals surface area contributed by atoms with Crippen molar-refractivity contribution in [2.45, 2.75) is 13.0 Å². The molecule has 0 aliphatic carbocycles. The van der Waals surface area contributed by atoms with Gasteiger partial charge in [0.25, 0.3) is 0 Å². The number of aliphatic hydroxyl groups excluding tert-OH is 1. The summed E-state index contributed by atoms with van der Waals surface area (Å²) in [5, 5.41) is 8.93. The Bertz CT molecular complexity index is 280. The van der Waals surface area contributed by atoms with Gasteiger partial charge in [0.05, 0.1) is 0 Å². The summed E-state index contributed by atoms with van der Waals surface area (Å²) in [7, 11) is 0. The second-order valence-corrected chi connectivity index (χ2v) is 4.09. The molecule has 1 atom stereocenters. The van der Waals surface area contributed by atoms with Crippen LogP contribution in [0.2, 0.25) is 0 Å². The van der Waals surface area contributed by atoms with E-state index in [1.165, 1.54) is 5.56 Å². The minimum Gasteiger partial charge on any atom is -0.396 e. The zero-order valence-corrected chi connectivity index (χ0v) is 8.56. The monoisotopic (exact) mass is 191 g/mol. The Morgan fingerprint density at radius 1 is 1.36 bits per heavy atom. The van der Waals surface area contributed by atoms with Gasteiger partial charge >= 0.3 is 0 Å². The maximum atomic E-state index is 8.93. The van der Waals surface area contributed by atoms with E-state index in [0.29, 0.717) is 18.6 Å². The van der Waals surface area contributed by atoms with Crippen LogP contribution in [0.5, 0.6) is 0 Å². The highest BCUT2D eigenvalue weighted by Crippen LogP contribution is 2.27. The number of hydrogen-bond donors (Lipinski definition) is 1. The Hall–Kier alpha value is -0.860. The molecule has 0 spiro atoms. The highest BCUT2D eigenvalue weighted by atomic mass is 16.3. The van der Waals surface area contributed by atoms with Crippen molar-refractivity contribution in [3.8, 4) is 0 Å². The molecule has 1 unspecified atom stereocenters. The van der Waals surface area contributed by atoms with Crippen molar-refractivity contribution in [1.82, 2.24) is 4.90 Å². The molecule has 1 aromatic carbocycles. The lowest BCUT2D eigenvalue weighted by molar-refractivity contribution is 0.0245. The largest absolute Gasteiger partial charge is 0.396 e. The number of aliphatic hydroxyl groups is 1. The van der Waals surface area contributed by atoms with Crippen molar-refractivity contribution in [3.05, 3.63) is 35.9 Å². The van der Waals surface area contributed by atoms with Crippen molar-refractivity contribution < 1.29 is 5.11 Å². The molecule has 76 valence electrons. The first-order chi connectivity index (χ1) is 6.81. The van der Waals surface area contributed by atoms with Crippen LogP contribution >= 0.6 is 0 Å². The van der Waals surface area contributed by atoms with Gasteiger partial charge in [-0.3, -0.25) is 4.90 Å². The van der Waals surface area contributed by atoms with Crippen molar-refractivity contribution in [2.75, 3.05) is 19.7 Å². The van der Waals surface area contributed by atoms with Crippen LogP contribution in [-0.2, 0) is 0 Å². The van der Waals surface area contributed by atoms with Crippen LogP contribution in [0.15, 0.2) is 30.3 Å². The van der Waals surface area contributed by atoms with E-state index in [2.05, 4.69) is 36.1 Å². The van der Waals surface area contributed by atoms with E-state index in [0.717, 1.165) is 13.1 Å². The van der Waals surface area contributed by atoms with Crippen LogP contribution in [0.3, 0.4) is 0 Å². The van der Waals surface area contributed by atoms with E-state index < -0.39 is 0 Å². The molecule has 1 aromatic rings. The summed E-state index contributed by atoms with van der Waals surface area (Å²) >= 11 is 0. The fourth-order valence-electron chi connectivity index (χ4n) is 1.98. The lowest BCUT2D eigenvalue weighted by Crippen LogP contribution is -2.49. The Labute approximate surface area is 85.2 Å². The van der Waals surface area contributed by atoms with E-state index in [1.54, 1.807) is 0 Å². The lowest BCUT2D eigenvalue weighted by atomic mass is 9.96. The fourth-order valence-corrected chi connectivity index (χ4v) is 1.98. The highest BCUT2D eigenvalue weighted by molar-refractivity contribution is 5.18. The Morgan fingerprint density at radius 2 is 2.00 bits per heavy atom. The van der Waals surface area contributed by atoms with E-state index in [9.17, 15) is 0 Å². The number of nitrogens with zero attached hydrogens (tertiary/aromatic N) is 1. The lowest BCUT2D eigenvalue weighted by Gasteiger charge is -2.42. The molecule has 1 aliphatic rings. The van der Waals surface area contributed by atoms with Crippen LogP contribution in [-0.4, -0.2) is 29.7 Å². The van der Waals surface area contributed by atoms with E-state index >= 15 is 0 Å². The van der Waals surface area contributed by atoms with E-state index in [1.807, 2.05) is 6.07 Å². The zero-order valence-electron chi connectivity index (χ0n) is 8.56. The number of rotatable bonds is 3. The van der Waals surface area contributed by atoms with Crippen molar-refractivity contribution in [2.24, 2.45) is 5.92 Å². The third-order valence-corrected chi connectivity index (χ3v) is 3.07. The van der Waals surface area contributed by atoms with Crippen LogP contribution in [0, 0.1) is 5.92 Å². The first-order valence-electron chi connectivity index (χ1n) is 5.21. The quantitative estimate of drug-likeness (QED) is 0.785. The predicted octanol–water partition coefficient (Wildman–Crippen LogP) is 1.67. The molecule has 1 saturated heterocycles. The third-order valence-electron chi connectivity index (χ3n) is 3.07. The molecular formula is C12H17NO. The SMILES string of the molecule is CC(c1ccccc1)N1CC(CO)C1. The van der Waals surface area contributed by atoms with Gasteiger partial charge in [-0.1, -0.05) is 30.3 Å². The van der Waals surface area contributed by atoms with Gasteiger partial charge in [-0.2, -0.15) is 0 Å². The zero-order chi connectivity index (χ0) is 9.97. The maximum Gasteiger partial charge on any atom is 0.0483 e. The standard InChI is InChI=1S/C12H17NO/c1-10(12-5-3-2-4-6-12)13-7-11(8-13)9-14/h2-6,10-11,14H,7-9H2,1H3. The molecule has 0 aromatic heterocycles. The Morgan fingerprint density at radius 3 is 2.57 bits per heavy atom. The maximum absolute atomic E-state index is 8.93. The normalized spacial score (nSPS) is 20.4. The fraction of sp³-hybridized carbons (Fsp3) is 0.500. The first-order valence-corrected chi connectivity index (χ1v) is 5.21. The smallest absolute Gasteiger partial charge is 0.0483 e. The summed E-state index contributed by atoms with van der Waals surface area (Å²) in [6.45, 7) is 4.63. The molecule has 2 heteroatoms. The summed E-state index contributed by atoms with van der Waals surface area (Å²) < 4.78 is 0. The van der Waals surface area contributed by atoms with E-state index in [4.69, 9.17) is 5.11 Å². The summed E-state index contributed by atoms with van der Waals surface area (Å²) in [5.74, 6) is 0.501. The second kappa shape index (κ2) is 4.11. The van der Waals surface area contributed by atoms with Gasteiger partial charge < -0.3 is 5.11 Å². The topological polar surface area (TPSA) is 23.5 Å². The van der Waals surface area contributed by atoms with Gasteiger partial charge in [-0.15, -0.1) is 0 Å². The van der Waals surface area contributed by atoms with Crippen LogP contribution < -0.4 is 0 Å². The van der Waals surface area contributed by atoms with E-state index in [-0.39, 0.29) is 0 Å². The molecule has 1 aliphatic heterocycles. The Kier molecular flexibility index (Phi) is 2.85. The molecule has 2 nitrogen and oxygen atoms in total. The molecule has 1 heterocycles. The molecule has 2 rings (SSSR count). The average Bonchev–Trinajstić information content (AvgIpc) is 2.17. The summed E-state index contributed by atoms with van der Waals surface area (Å²) in [6.07, 6.45) is 0. The first kappa shape index (κ1) is 9.69. The van der Waals surface area contributed by atoms with Gasteiger partial charge in [-0.25, -0.2) is 0 Å². The van der Waals surface area contributed by atoms with Crippen LogP contribution in [0.1, 0.15) is 18.5 Å². The molecule has 1 N–H and O–H groups in total. The van der Waals surface area contributed by atoms with Gasteiger partial charge in [0.2, 0.25) is 0 Å². The van der Waals surface area contributed by atoms with Gasteiger partial charge in [-0.05, 0) is 12.5 Å². The third kappa shape index (κ3) is 1.81.